The molecule has 0 atom stereocenters. The van der Waals surface area contributed by atoms with Crippen molar-refractivity contribution < 1.29 is 9.13 Å². The highest BCUT2D eigenvalue weighted by Crippen LogP contribution is 2.23. The van der Waals surface area contributed by atoms with Crippen molar-refractivity contribution >= 4 is 0 Å². The molecule has 0 spiro atoms. The Labute approximate surface area is 131 Å². The van der Waals surface area contributed by atoms with Gasteiger partial charge < -0.3 is 0 Å². The van der Waals surface area contributed by atoms with Gasteiger partial charge in [-0.05, 0) is 38.1 Å². The second-order valence-corrected chi connectivity index (χ2v) is 5.72. The Bertz CT molecular complexity index is 711. The molecule has 0 aliphatic heterocycles. The maximum Gasteiger partial charge on any atom is 0.244 e. The molecule has 0 aliphatic rings. The first kappa shape index (κ1) is 14.6. The van der Waals surface area contributed by atoms with Crippen molar-refractivity contribution in [3.63, 3.8) is 0 Å². The summed E-state index contributed by atoms with van der Waals surface area (Å²) in [4.78, 5) is 0. The molecule has 0 radical (unpaired) electrons. The number of hydrogen-bond acceptors (Lipinski definition) is 0. The summed E-state index contributed by atoms with van der Waals surface area (Å²) in [6.45, 7) is 6.30. The van der Waals surface area contributed by atoms with E-state index in [2.05, 4.69) is 95.5 Å². The second kappa shape index (κ2) is 5.79. The van der Waals surface area contributed by atoms with Crippen LogP contribution < -0.4 is 9.13 Å². The molecule has 22 heavy (non-hydrogen) atoms. The molecule has 0 aliphatic carbocycles. The van der Waals surface area contributed by atoms with E-state index in [0.29, 0.717) is 0 Å². The highest BCUT2D eigenvalue weighted by atomic mass is 15.1. The zero-order valence-corrected chi connectivity index (χ0v) is 13.8. The normalized spacial score (nSPS) is 11.1. The van der Waals surface area contributed by atoms with Crippen LogP contribution in [0, 0.1) is 0 Å². The van der Waals surface area contributed by atoms with Crippen molar-refractivity contribution in [1.82, 2.24) is 9.13 Å². The smallest absolute Gasteiger partial charge is 0.236 e. The third-order valence-electron chi connectivity index (χ3n) is 4.19. The van der Waals surface area contributed by atoms with E-state index in [9.17, 15) is 0 Å². The Kier molecular flexibility index (Phi) is 3.84. The van der Waals surface area contributed by atoms with Gasteiger partial charge in [0.1, 0.15) is 12.4 Å². The van der Waals surface area contributed by atoms with Gasteiger partial charge in [-0.15, -0.1) is 0 Å². The molecular weight excluding hydrogens is 272 g/mol. The first-order valence-electron chi connectivity index (χ1n) is 7.84. The highest BCUT2D eigenvalue weighted by molar-refractivity contribution is 5.65. The van der Waals surface area contributed by atoms with Gasteiger partial charge in [0.15, 0.2) is 11.4 Å². The third kappa shape index (κ3) is 2.56. The fraction of sp³-hybridized carbons (Fsp3) is 0.333. The maximum absolute atomic E-state index is 2.20. The van der Waals surface area contributed by atoms with E-state index in [4.69, 9.17) is 0 Å². The van der Waals surface area contributed by atoms with Gasteiger partial charge in [-0.25, -0.2) is 18.3 Å². The topological polar surface area (TPSA) is 17.6 Å². The van der Waals surface area contributed by atoms with Crippen molar-refractivity contribution in [1.29, 1.82) is 0 Å². The molecule has 0 saturated carbocycles. The average molecular weight is 296 g/mol. The van der Waals surface area contributed by atoms with Gasteiger partial charge in [0.2, 0.25) is 12.7 Å². The fourth-order valence-electron chi connectivity index (χ4n) is 2.85. The molecule has 2 heterocycles. The van der Waals surface area contributed by atoms with Crippen LogP contribution in [0.5, 0.6) is 0 Å². The monoisotopic (exact) mass is 296 g/mol. The molecule has 0 bridgehead atoms. The molecule has 1 aromatic carbocycles. The molecule has 0 N–H and O–H groups in total. The van der Waals surface area contributed by atoms with E-state index in [-0.39, 0.29) is 0 Å². The summed E-state index contributed by atoms with van der Waals surface area (Å²) in [5.41, 5.74) is 4.97. The van der Waals surface area contributed by atoms with Crippen LogP contribution in [0.1, 0.15) is 13.8 Å². The highest BCUT2D eigenvalue weighted by Gasteiger charge is 2.14. The van der Waals surface area contributed by atoms with Gasteiger partial charge in [0.05, 0.1) is 27.2 Å². The van der Waals surface area contributed by atoms with Crippen LogP contribution in [0.4, 0.5) is 0 Å². The third-order valence-corrected chi connectivity index (χ3v) is 4.19. The van der Waals surface area contributed by atoms with Gasteiger partial charge in [-0.1, -0.05) is 0 Å². The summed E-state index contributed by atoms with van der Waals surface area (Å²) in [7, 11) is 4.19. The molecule has 0 unspecified atom stereocenters. The Morgan fingerprint density at radius 1 is 0.727 bits per heavy atom. The summed E-state index contributed by atoms with van der Waals surface area (Å²) < 4.78 is 8.74. The number of aryl methyl sites for hydroxylation is 4. The molecule has 3 aromatic rings. The SMILES string of the molecule is CC[n+]1cc(-c2ccc(-c3c[n+](CC)cn3C)cc2)n(C)c1. The summed E-state index contributed by atoms with van der Waals surface area (Å²) >= 11 is 0. The minimum absolute atomic E-state index is 0.992. The predicted octanol–water partition coefficient (Wildman–Crippen LogP) is 2.31. The van der Waals surface area contributed by atoms with Crippen LogP contribution in [0.25, 0.3) is 22.5 Å². The Balaban J connectivity index is 1.95. The van der Waals surface area contributed by atoms with Crippen LogP contribution in [0.15, 0.2) is 49.3 Å². The molecule has 0 amide bonds. The van der Waals surface area contributed by atoms with Crippen LogP contribution >= 0.6 is 0 Å². The van der Waals surface area contributed by atoms with Gasteiger partial charge in [0, 0.05) is 11.1 Å². The zero-order chi connectivity index (χ0) is 15.7. The maximum atomic E-state index is 2.20. The first-order chi connectivity index (χ1) is 10.6. The summed E-state index contributed by atoms with van der Waals surface area (Å²) in [5.74, 6) is 0. The Hall–Kier alpha value is -2.36. The summed E-state index contributed by atoms with van der Waals surface area (Å²) in [6.07, 6.45) is 8.65. The van der Waals surface area contributed by atoms with E-state index in [0.717, 1.165) is 13.1 Å². The zero-order valence-electron chi connectivity index (χ0n) is 13.8. The lowest BCUT2D eigenvalue weighted by Crippen LogP contribution is -2.28. The average Bonchev–Trinajstić information content (AvgIpc) is 3.10. The number of rotatable bonds is 4. The van der Waals surface area contributed by atoms with Crippen LogP contribution in [-0.2, 0) is 27.2 Å². The number of hydrogen-bond donors (Lipinski definition) is 0. The molecule has 2 aromatic heterocycles. The number of imidazole rings is 2. The summed E-state index contributed by atoms with van der Waals surface area (Å²) in [5, 5.41) is 0. The van der Waals surface area contributed by atoms with Gasteiger partial charge in [0.25, 0.3) is 0 Å². The lowest BCUT2D eigenvalue weighted by atomic mass is 10.1. The predicted molar refractivity (Wildman–Crippen MR) is 87.0 cm³/mol. The molecule has 4 heteroatoms. The lowest BCUT2D eigenvalue weighted by Gasteiger charge is -2.00. The number of aromatic nitrogens is 4. The minimum atomic E-state index is 0.992. The molecule has 0 fully saturated rings. The van der Waals surface area contributed by atoms with Crippen molar-refractivity contribution in [2.45, 2.75) is 26.9 Å². The largest absolute Gasteiger partial charge is 0.244 e. The van der Waals surface area contributed by atoms with E-state index < -0.39 is 0 Å². The molecule has 114 valence electrons. The van der Waals surface area contributed by atoms with E-state index in [1.54, 1.807) is 0 Å². The standard InChI is InChI=1S/C18H24N4/c1-5-21-11-17(19(3)13-21)15-7-9-16(10-8-15)18-12-22(6-2)14-20(18)4/h7-14H,5-6H2,1-4H3/q+2. The van der Waals surface area contributed by atoms with Crippen molar-refractivity contribution in [2.75, 3.05) is 0 Å². The molecule has 3 rings (SSSR count). The molecule has 4 nitrogen and oxygen atoms in total. The Morgan fingerprint density at radius 2 is 1.09 bits per heavy atom. The molecular formula is C18H24N4+2. The van der Waals surface area contributed by atoms with E-state index in [1.807, 2.05) is 0 Å². The molecule has 0 saturated heterocycles. The van der Waals surface area contributed by atoms with Crippen LogP contribution in [0.3, 0.4) is 0 Å². The Morgan fingerprint density at radius 3 is 1.36 bits per heavy atom. The van der Waals surface area contributed by atoms with Gasteiger partial charge in [-0.2, -0.15) is 0 Å². The van der Waals surface area contributed by atoms with Crippen molar-refractivity contribution in [2.24, 2.45) is 14.1 Å². The fourth-order valence-corrected chi connectivity index (χ4v) is 2.85. The minimum Gasteiger partial charge on any atom is -0.236 e. The van der Waals surface area contributed by atoms with Crippen molar-refractivity contribution in [3.05, 3.63) is 49.3 Å². The first-order valence-corrected chi connectivity index (χ1v) is 7.84. The van der Waals surface area contributed by atoms with E-state index in [1.165, 1.54) is 22.5 Å². The second-order valence-electron chi connectivity index (χ2n) is 5.72. The lowest BCUT2D eigenvalue weighted by molar-refractivity contribution is -0.692. The van der Waals surface area contributed by atoms with Crippen LogP contribution in [0.2, 0.25) is 0 Å². The van der Waals surface area contributed by atoms with Crippen molar-refractivity contribution in [3.8, 4) is 22.5 Å². The number of benzene rings is 1. The van der Waals surface area contributed by atoms with E-state index >= 15 is 0 Å². The number of nitrogens with zero attached hydrogens (tertiary/aromatic N) is 4. The van der Waals surface area contributed by atoms with Crippen LogP contribution in [-0.4, -0.2) is 9.13 Å². The summed E-state index contributed by atoms with van der Waals surface area (Å²) in [6, 6.07) is 8.81. The quantitative estimate of drug-likeness (QED) is 0.658. The van der Waals surface area contributed by atoms with Gasteiger partial charge >= 0.3 is 0 Å². The van der Waals surface area contributed by atoms with Gasteiger partial charge in [-0.3, -0.25) is 0 Å².